The summed E-state index contributed by atoms with van der Waals surface area (Å²) in [7, 11) is 0. The molecule has 0 N–H and O–H groups in total. The first kappa shape index (κ1) is 15.8. The predicted molar refractivity (Wildman–Crippen MR) is 75.1 cm³/mol. The van der Waals surface area contributed by atoms with Crippen LogP contribution in [0, 0.1) is 5.92 Å². The molecule has 0 radical (unpaired) electrons. The molecule has 106 valence electrons. The summed E-state index contributed by atoms with van der Waals surface area (Å²) in [6, 6.07) is 0. The number of rotatable bonds is 8. The number of carbonyl (C=O) groups excluding carboxylic acids is 1. The van der Waals surface area contributed by atoms with Crippen LogP contribution in [0.4, 0.5) is 0 Å². The average Bonchev–Trinajstić information content (AvgIpc) is 2.39. The third-order valence-corrected chi connectivity index (χ3v) is 3.49. The SMILES string of the molecule is CCOC(=O)[C@H](CCS)CCCN1CCOCC1. The van der Waals surface area contributed by atoms with Gasteiger partial charge in [0.15, 0.2) is 0 Å². The minimum absolute atomic E-state index is 0.0171. The Labute approximate surface area is 115 Å². The van der Waals surface area contributed by atoms with E-state index in [0.717, 1.165) is 57.9 Å². The zero-order chi connectivity index (χ0) is 13.2. The highest BCUT2D eigenvalue weighted by atomic mass is 32.1. The molecule has 1 saturated heterocycles. The van der Waals surface area contributed by atoms with Gasteiger partial charge in [-0.25, -0.2) is 0 Å². The summed E-state index contributed by atoms with van der Waals surface area (Å²) in [6.07, 6.45) is 2.75. The number of esters is 1. The van der Waals surface area contributed by atoms with Crippen LogP contribution in [0.15, 0.2) is 0 Å². The average molecular weight is 275 g/mol. The van der Waals surface area contributed by atoms with Crippen molar-refractivity contribution < 1.29 is 14.3 Å². The fourth-order valence-corrected chi connectivity index (χ4v) is 2.49. The van der Waals surface area contributed by atoms with Gasteiger partial charge in [0.2, 0.25) is 0 Å². The molecule has 1 fully saturated rings. The third-order valence-electron chi connectivity index (χ3n) is 3.23. The van der Waals surface area contributed by atoms with Gasteiger partial charge in [0.25, 0.3) is 0 Å². The Balaban J connectivity index is 2.21. The summed E-state index contributed by atoms with van der Waals surface area (Å²) in [5.41, 5.74) is 0. The van der Waals surface area contributed by atoms with Gasteiger partial charge in [0.1, 0.15) is 0 Å². The molecule has 0 aliphatic carbocycles. The molecule has 0 unspecified atom stereocenters. The zero-order valence-electron chi connectivity index (χ0n) is 11.3. The molecule has 4 nitrogen and oxygen atoms in total. The minimum Gasteiger partial charge on any atom is -0.466 e. The van der Waals surface area contributed by atoms with Crippen LogP contribution in [-0.2, 0) is 14.3 Å². The van der Waals surface area contributed by atoms with E-state index in [1.807, 2.05) is 6.92 Å². The molecule has 0 aromatic heterocycles. The molecule has 0 amide bonds. The number of morpholine rings is 1. The third kappa shape index (κ3) is 6.07. The van der Waals surface area contributed by atoms with Gasteiger partial charge in [-0.15, -0.1) is 0 Å². The van der Waals surface area contributed by atoms with E-state index in [0.29, 0.717) is 6.61 Å². The maximum absolute atomic E-state index is 11.7. The van der Waals surface area contributed by atoms with Gasteiger partial charge in [0, 0.05) is 13.1 Å². The molecule has 5 heteroatoms. The smallest absolute Gasteiger partial charge is 0.308 e. The van der Waals surface area contributed by atoms with Crippen LogP contribution in [-0.4, -0.2) is 56.1 Å². The lowest BCUT2D eigenvalue weighted by atomic mass is 10.0. The molecule has 1 atom stereocenters. The van der Waals surface area contributed by atoms with Crippen LogP contribution in [0.5, 0.6) is 0 Å². The van der Waals surface area contributed by atoms with Gasteiger partial charge in [-0.2, -0.15) is 12.6 Å². The van der Waals surface area contributed by atoms with Crippen molar-refractivity contribution in [1.82, 2.24) is 4.90 Å². The van der Waals surface area contributed by atoms with Gasteiger partial charge in [-0.1, -0.05) is 0 Å². The topological polar surface area (TPSA) is 38.8 Å². The Morgan fingerprint density at radius 2 is 2.11 bits per heavy atom. The molecule has 0 aromatic rings. The lowest BCUT2D eigenvalue weighted by molar-refractivity contribution is -0.148. The van der Waals surface area contributed by atoms with Gasteiger partial charge < -0.3 is 9.47 Å². The van der Waals surface area contributed by atoms with E-state index in [2.05, 4.69) is 17.5 Å². The molecular weight excluding hydrogens is 250 g/mol. The number of carbonyl (C=O) groups is 1. The van der Waals surface area contributed by atoms with Gasteiger partial charge in [0.05, 0.1) is 25.7 Å². The lowest BCUT2D eigenvalue weighted by Crippen LogP contribution is -2.37. The standard InChI is InChI=1S/C13H25NO3S/c1-2-17-13(15)12(5-11-18)4-3-6-14-7-9-16-10-8-14/h12,18H,2-11H2,1H3/t12-/m0/s1. The van der Waals surface area contributed by atoms with E-state index in [9.17, 15) is 4.79 Å². The summed E-state index contributed by atoms with van der Waals surface area (Å²) in [6.45, 7) is 7.05. The molecule has 0 bridgehead atoms. The van der Waals surface area contributed by atoms with Gasteiger partial charge >= 0.3 is 5.97 Å². The molecule has 0 saturated carbocycles. The predicted octanol–water partition coefficient (Wildman–Crippen LogP) is 1.60. The fourth-order valence-electron chi connectivity index (χ4n) is 2.18. The van der Waals surface area contributed by atoms with Crippen LogP contribution in [0.1, 0.15) is 26.2 Å². The molecule has 0 spiro atoms. The zero-order valence-corrected chi connectivity index (χ0v) is 12.2. The number of hydrogen-bond acceptors (Lipinski definition) is 5. The quantitative estimate of drug-likeness (QED) is 0.539. The van der Waals surface area contributed by atoms with Crippen molar-refractivity contribution in [1.29, 1.82) is 0 Å². The number of thiol groups is 1. The number of ether oxygens (including phenoxy) is 2. The summed E-state index contributed by atoms with van der Waals surface area (Å²) in [5.74, 6) is 0.693. The highest BCUT2D eigenvalue weighted by molar-refractivity contribution is 7.80. The molecule has 18 heavy (non-hydrogen) atoms. The Kier molecular flexibility index (Phi) is 8.46. The summed E-state index contributed by atoms with van der Waals surface area (Å²) >= 11 is 4.21. The van der Waals surface area contributed by atoms with Gasteiger partial charge in [-0.3, -0.25) is 9.69 Å². The monoisotopic (exact) mass is 275 g/mol. The highest BCUT2D eigenvalue weighted by Crippen LogP contribution is 2.15. The summed E-state index contributed by atoms with van der Waals surface area (Å²) in [4.78, 5) is 14.1. The second-order valence-electron chi connectivity index (χ2n) is 4.56. The number of nitrogens with zero attached hydrogens (tertiary/aromatic N) is 1. The second kappa shape index (κ2) is 9.64. The van der Waals surface area contributed by atoms with Crippen LogP contribution in [0.2, 0.25) is 0 Å². The molecule has 1 rings (SSSR count). The maximum Gasteiger partial charge on any atom is 0.308 e. The van der Waals surface area contributed by atoms with E-state index in [4.69, 9.17) is 9.47 Å². The van der Waals surface area contributed by atoms with Crippen LogP contribution in [0.3, 0.4) is 0 Å². The lowest BCUT2D eigenvalue weighted by Gasteiger charge is -2.27. The van der Waals surface area contributed by atoms with Gasteiger partial charge in [-0.05, 0) is 38.5 Å². The Hall–Kier alpha value is -0.260. The van der Waals surface area contributed by atoms with Crippen molar-refractivity contribution in [3.8, 4) is 0 Å². The van der Waals surface area contributed by atoms with E-state index < -0.39 is 0 Å². The molecular formula is C13H25NO3S. The van der Waals surface area contributed by atoms with Crippen molar-refractivity contribution >= 4 is 18.6 Å². The van der Waals surface area contributed by atoms with Crippen LogP contribution in [0.25, 0.3) is 0 Å². The van der Waals surface area contributed by atoms with Crippen molar-refractivity contribution in [3.63, 3.8) is 0 Å². The molecule has 1 heterocycles. The Morgan fingerprint density at radius 3 is 2.72 bits per heavy atom. The summed E-state index contributed by atoms with van der Waals surface area (Å²) in [5, 5.41) is 0. The first-order valence-electron chi connectivity index (χ1n) is 6.85. The Morgan fingerprint density at radius 1 is 1.39 bits per heavy atom. The van der Waals surface area contributed by atoms with E-state index in [1.54, 1.807) is 0 Å². The molecule has 1 aliphatic rings. The first-order chi connectivity index (χ1) is 8.77. The van der Waals surface area contributed by atoms with Crippen molar-refractivity contribution in [3.05, 3.63) is 0 Å². The van der Waals surface area contributed by atoms with Crippen molar-refractivity contribution in [2.45, 2.75) is 26.2 Å². The summed E-state index contributed by atoms with van der Waals surface area (Å²) < 4.78 is 10.4. The van der Waals surface area contributed by atoms with E-state index >= 15 is 0 Å². The minimum atomic E-state index is -0.0615. The van der Waals surface area contributed by atoms with E-state index in [-0.39, 0.29) is 11.9 Å². The molecule has 0 aromatic carbocycles. The fraction of sp³-hybridized carbons (Fsp3) is 0.923. The van der Waals surface area contributed by atoms with Crippen molar-refractivity contribution in [2.24, 2.45) is 5.92 Å². The Bertz CT molecular complexity index is 232. The number of hydrogen-bond donors (Lipinski definition) is 1. The highest BCUT2D eigenvalue weighted by Gasteiger charge is 2.19. The van der Waals surface area contributed by atoms with Crippen LogP contribution >= 0.6 is 12.6 Å². The van der Waals surface area contributed by atoms with Crippen LogP contribution < -0.4 is 0 Å². The normalized spacial score (nSPS) is 18.6. The van der Waals surface area contributed by atoms with E-state index in [1.165, 1.54) is 0 Å². The first-order valence-corrected chi connectivity index (χ1v) is 7.48. The molecule has 1 aliphatic heterocycles. The van der Waals surface area contributed by atoms with Crippen molar-refractivity contribution in [2.75, 3.05) is 45.2 Å². The second-order valence-corrected chi connectivity index (χ2v) is 5.00. The largest absolute Gasteiger partial charge is 0.466 e. The maximum atomic E-state index is 11.7.